The smallest absolute Gasteiger partial charge is 0.0355 e. The Labute approximate surface area is 152 Å². The van der Waals surface area contributed by atoms with Crippen LogP contribution in [0.4, 0.5) is 0 Å². The van der Waals surface area contributed by atoms with Gasteiger partial charge >= 0.3 is 0 Å². The van der Waals surface area contributed by atoms with Gasteiger partial charge in [-0.3, -0.25) is 0 Å². The average Bonchev–Trinajstić information content (AvgIpc) is 3.05. The number of rotatable bonds is 0. The molecule has 0 unspecified atom stereocenters. The molecule has 0 aliphatic heterocycles. The van der Waals surface area contributed by atoms with Crippen LogP contribution < -0.4 is 0 Å². The molecule has 0 radical (unpaired) electrons. The minimum Gasteiger partial charge on any atom is -0.0619 e. The van der Waals surface area contributed by atoms with E-state index in [1.54, 1.807) is 11.1 Å². The third-order valence-electron chi connectivity index (χ3n) is 6.59. The molecule has 120 valence electrons. The van der Waals surface area contributed by atoms with Crippen molar-refractivity contribution in [1.82, 2.24) is 0 Å². The molecule has 4 aromatic carbocycles. The molecule has 0 heterocycles. The lowest BCUT2D eigenvalue weighted by atomic mass is 9.60. The second-order valence-electron chi connectivity index (χ2n) is 7.66. The summed E-state index contributed by atoms with van der Waals surface area (Å²) >= 11 is 0. The van der Waals surface area contributed by atoms with Crippen LogP contribution in [0.25, 0.3) is 21.9 Å². The largest absolute Gasteiger partial charge is 0.0619 e. The predicted molar refractivity (Wildman–Crippen MR) is 107 cm³/mol. The van der Waals surface area contributed by atoms with Crippen molar-refractivity contribution < 1.29 is 0 Å². The molecule has 26 heavy (non-hydrogen) atoms. The molecule has 0 N–H and O–H groups in total. The Balaban J connectivity index is 1.67. The van der Waals surface area contributed by atoms with E-state index in [0.717, 1.165) is 0 Å². The molecule has 0 aromatic heterocycles. The Morgan fingerprint density at radius 2 is 0.846 bits per heavy atom. The van der Waals surface area contributed by atoms with Gasteiger partial charge in [-0.2, -0.15) is 0 Å². The Bertz CT molecular complexity index is 1150. The third kappa shape index (κ3) is 1.33. The van der Waals surface area contributed by atoms with E-state index < -0.39 is 0 Å². The molecule has 0 amide bonds. The fourth-order valence-electron chi connectivity index (χ4n) is 5.73. The van der Waals surface area contributed by atoms with Gasteiger partial charge in [0.05, 0.1) is 0 Å². The summed E-state index contributed by atoms with van der Waals surface area (Å²) in [5, 5.41) is 2.82. The molecule has 2 bridgehead atoms. The first-order chi connectivity index (χ1) is 12.9. The minimum absolute atomic E-state index is 0.361. The summed E-state index contributed by atoms with van der Waals surface area (Å²) in [7, 11) is 0. The number of hydrogen-bond acceptors (Lipinski definition) is 0. The summed E-state index contributed by atoms with van der Waals surface area (Å²) in [6, 6.07) is 31.8. The maximum Gasteiger partial charge on any atom is 0.0355 e. The van der Waals surface area contributed by atoms with Crippen molar-refractivity contribution in [1.29, 1.82) is 0 Å². The zero-order valence-electron chi connectivity index (χ0n) is 14.2. The van der Waals surface area contributed by atoms with E-state index in [1.165, 1.54) is 44.2 Å². The first-order valence-electron chi connectivity index (χ1n) is 9.37. The topological polar surface area (TPSA) is 0 Å². The zero-order valence-corrected chi connectivity index (χ0v) is 14.2. The van der Waals surface area contributed by atoms with E-state index in [2.05, 4.69) is 84.9 Å². The van der Waals surface area contributed by atoms with Crippen LogP contribution in [-0.4, -0.2) is 0 Å². The van der Waals surface area contributed by atoms with E-state index in [1.807, 2.05) is 0 Å². The van der Waals surface area contributed by atoms with Crippen molar-refractivity contribution >= 4 is 21.9 Å². The normalized spacial score (nSPS) is 20.9. The highest BCUT2D eigenvalue weighted by atomic mass is 14.5. The van der Waals surface area contributed by atoms with Crippen LogP contribution in [0.1, 0.15) is 45.2 Å². The number of allylic oxidation sites excluding steroid dienone is 2. The molecule has 0 spiro atoms. The molecule has 0 saturated heterocycles. The van der Waals surface area contributed by atoms with Gasteiger partial charge in [0.1, 0.15) is 0 Å². The van der Waals surface area contributed by atoms with E-state index >= 15 is 0 Å². The van der Waals surface area contributed by atoms with Crippen molar-refractivity contribution in [3.8, 4) is 0 Å². The zero-order chi connectivity index (χ0) is 16.8. The lowest BCUT2D eigenvalue weighted by molar-refractivity contribution is 0.847. The molecule has 0 saturated carbocycles. The molecule has 0 nitrogen and oxygen atoms in total. The fourth-order valence-corrected chi connectivity index (χ4v) is 5.73. The lowest BCUT2D eigenvalue weighted by Crippen LogP contribution is -2.25. The second kappa shape index (κ2) is 4.34. The van der Waals surface area contributed by atoms with Crippen LogP contribution in [0.15, 0.2) is 84.9 Å². The minimum atomic E-state index is 0.361. The lowest BCUT2D eigenvalue weighted by Gasteiger charge is -2.42. The van der Waals surface area contributed by atoms with Crippen molar-refractivity contribution in [3.63, 3.8) is 0 Å². The monoisotopic (exact) mass is 328 g/mol. The van der Waals surface area contributed by atoms with Crippen LogP contribution in [0.3, 0.4) is 0 Å². The highest BCUT2D eigenvalue weighted by molar-refractivity contribution is 6.19. The standard InChI is InChI=1S/C26H16/c1-2-10-17-16(9-1)23-18-11-3-4-12-19(18)24(17)26-21-14-6-8-15-7-5-13-20(22(15)21)25(23)26/h1-14,23-24H. The maximum absolute atomic E-state index is 2.34. The van der Waals surface area contributed by atoms with E-state index in [9.17, 15) is 0 Å². The van der Waals surface area contributed by atoms with Gasteiger partial charge < -0.3 is 0 Å². The SMILES string of the molecule is c1ccc2c(c1)C1C3=C(c4cccc5cccc3c45)C2c2ccccc21. The predicted octanol–water partition coefficient (Wildman–Crippen LogP) is 6.36. The first kappa shape index (κ1) is 13.1. The number of benzene rings is 4. The van der Waals surface area contributed by atoms with Gasteiger partial charge in [-0.25, -0.2) is 0 Å². The molecule has 0 fully saturated rings. The highest BCUT2D eigenvalue weighted by Gasteiger charge is 2.46. The summed E-state index contributed by atoms with van der Waals surface area (Å²) in [5.74, 6) is 0.723. The third-order valence-corrected chi connectivity index (χ3v) is 6.59. The van der Waals surface area contributed by atoms with Gasteiger partial charge in [0.2, 0.25) is 0 Å². The van der Waals surface area contributed by atoms with E-state index in [0.29, 0.717) is 11.8 Å². The Kier molecular flexibility index (Phi) is 2.19. The summed E-state index contributed by atoms with van der Waals surface area (Å²) in [4.78, 5) is 0. The van der Waals surface area contributed by atoms with Gasteiger partial charge in [0.25, 0.3) is 0 Å². The summed E-state index contributed by atoms with van der Waals surface area (Å²) in [5.41, 5.74) is 12.0. The van der Waals surface area contributed by atoms with E-state index in [-0.39, 0.29) is 0 Å². The first-order valence-corrected chi connectivity index (χ1v) is 9.37. The second-order valence-corrected chi connectivity index (χ2v) is 7.66. The van der Waals surface area contributed by atoms with Gasteiger partial charge in [-0.05, 0) is 55.3 Å². The Hall–Kier alpha value is -3.12. The van der Waals surface area contributed by atoms with Crippen LogP contribution in [-0.2, 0) is 0 Å². The molecule has 0 atom stereocenters. The van der Waals surface area contributed by atoms with Crippen LogP contribution in [0.2, 0.25) is 0 Å². The summed E-state index contributed by atoms with van der Waals surface area (Å²) < 4.78 is 0. The van der Waals surface area contributed by atoms with Crippen molar-refractivity contribution in [2.75, 3.05) is 0 Å². The van der Waals surface area contributed by atoms with Gasteiger partial charge in [-0.1, -0.05) is 84.9 Å². The average molecular weight is 328 g/mol. The van der Waals surface area contributed by atoms with Crippen molar-refractivity contribution in [3.05, 3.63) is 118 Å². The fraction of sp³-hybridized carbons (Fsp3) is 0.0769. The molecule has 4 aliphatic rings. The van der Waals surface area contributed by atoms with E-state index in [4.69, 9.17) is 0 Å². The molecular formula is C26H16. The van der Waals surface area contributed by atoms with Gasteiger partial charge in [0.15, 0.2) is 0 Å². The molecule has 4 aromatic rings. The molecular weight excluding hydrogens is 312 g/mol. The summed E-state index contributed by atoms with van der Waals surface area (Å²) in [6.45, 7) is 0. The quantitative estimate of drug-likeness (QED) is 0.352. The van der Waals surface area contributed by atoms with Crippen molar-refractivity contribution in [2.24, 2.45) is 0 Å². The maximum atomic E-state index is 2.34. The van der Waals surface area contributed by atoms with Crippen molar-refractivity contribution in [2.45, 2.75) is 11.8 Å². The Morgan fingerprint density at radius 3 is 1.27 bits per heavy atom. The van der Waals surface area contributed by atoms with Crippen LogP contribution >= 0.6 is 0 Å². The molecule has 8 rings (SSSR count). The molecule has 4 aliphatic carbocycles. The molecule has 0 heteroatoms. The van der Waals surface area contributed by atoms with Gasteiger partial charge in [0, 0.05) is 11.8 Å². The Morgan fingerprint density at radius 1 is 0.423 bits per heavy atom. The van der Waals surface area contributed by atoms with Gasteiger partial charge in [-0.15, -0.1) is 0 Å². The number of hydrogen-bond donors (Lipinski definition) is 0. The van der Waals surface area contributed by atoms with Crippen LogP contribution in [0.5, 0.6) is 0 Å². The van der Waals surface area contributed by atoms with Crippen LogP contribution in [0, 0.1) is 0 Å². The highest BCUT2D eigenvalue weighted by Crippen LogP contribution is 2.64. The summed E-state index contributed by atoms with van der Waals surface area (Å²) in [6.07, 6.45) is 0.